The van der Waals surface area contributed by atoms with E-state index in [0.29, 0.717) is 22.6 Å². The first-order valence-corrected chi connectivity index (χ1v) is 11.9. The first kappa shape index (κ1) is 19.3. The molecule has 1 N–H and O–H groups in total. The minimum Gasteiger partial charge on any atom is -0.396 e. The summed E-state index contributed by atoms with van der Waals surface area (Å²) in [7, 11) is -1.08. The van der Waals surface area contributed by atoms with Gasteiger partial charge in [-0.2, -0.15) is 0 Å². The van der Waals surface area contributed by atoms with Crippen LogP contribution in [0, 0.1) is 5.92 Å². The molecule has 2 fully saturated rings. The van der Waals surface area contributed by atoms with Crippen molar-refractivity contribution in [2.24, 2.45) is 5.92 Å². The summed E-state index contributed by atoms with van der Waals surface area (Å²) in [5.74, 6) is 2.58. The van der Waals surface area contributed by atoms with Crippen molar-refractivity contribution < 1.29 is 9.32 Å². The van der Waals surface area contributed by atoms with Crippen molar-refractivity contribution in [1.82, 2.24) is 19.9 Å². The van der Waals surface area contributed by atoms with Gasteiger partial charge in [-0.05, 0) is 31.6 Å². The van der Waals surface area contributed by atoms with E-state index in [4.69, 9.17) is 16.6 Å². The van der Waals surface area contributed by atoms with Gasteiger partial charge >= 0.3 is 0 Å². The molecule has 7 nitrogen and oxygen atoms in total. The molecule has 29 heavy (non-hydrogen) atoms. The van der Waals surface area contributed by atoms with Gasteiger partial charge in [-0.25, -0.2) is 19.9 Å². The molecule has 1 spiro atoms. The Morgan fingerprint density at radius 3 is 2.66 bits per heavy atom. The Labute approximate surface area is 177 Å². The smallest absolute Gasteiger partial charge is 0.225 e. The molecule has 0 amide bonds. The molecule has 1 saturated heterocycles. The van der Waals surface area contributed by atoms with Crippen LogP contribution >= 0.6 is 11.6 Å². The van der Waals surface area contributed by atoms with Gasteiger partial charge in [0, 0.05) is 55.4 Å². The van der Waals surface area contributed by atoms with Crippen molar-refractivity contribution in [2.75, 3.05) is 30.3 Å². The standard InChI is InChI=1S/C20H24ClN5O2S/c21-15-8-22-18(23-9-15)13-3-6-26(7-4-13)19-24-10-16-17(25-19)20(12-29(16)28)5-1-2-14(20)11-27/h8-10,13-14,27H,1-7,11-12H2/t14?,20?,29-/m0/s1. The van der Waals surface area contributed by atoms with Crippen LogP contribution < -0.4 is 4.90 Å². The van der Waals surface area contributed by atoms with Crippen LogP contribution in [0.25, 0.3) is 0 Å². The van der Waals surface area contributed by atoms with Gasteiger partial charge in [0.05, 0.1) is 26.4 Å². The molecule has 9 heteroatoms. The highest BCUT2D eigenvalue weighted by atomic mass is 35.5. The van der Waals surface area contributed by atoms with Crippen LogP contribution in [-0.4, -0.2) is 54.7 Å². The lowest BCUT2D eigenvalue weighted by Gasteiger charge is -2.33. The Hall–Kier alpha value is -1.64. The molecule has 154 valence electrons. The van der Waals surface area contributed by atoms with E-state index in [0.717, 1.165) is 61.6 Å². The van der Waals surface area contributed by atoms with Crippen molar-refractivity contribution in [3.63, 3.8) is 0 Å². The molecular weight excluding hydrogens is 410 g/mol. The van der Waals surface area contributed by atoms with Gasteiger partial charge in [0.1, 0.15) is 5.82 Å². The lowest BCUT2D eigenvalue weighted by atomic mass is 9.77. The first-order valence-electron chi connectivity index (χ1n) is 10.2. The van der Waals surface area contributed by atoms with Gasteiger partial charge in [0.25, 0.3) is 0 Å². The zero-order chi connectivity index (χ0) is 20.0. The lowest BCUT2D eigenvalue weighted by molar-refractivity contribution is 0.180. The van der Waals surface area contributed by atoms with Crippen molar-refractivity contribution in [3.8, 4) is 0 Å². The fourth-order valence-electron chi connectivity index (χ4n) is 5.20. The molecule has 2 aromatic rings. The molecule has 2 unspecified atom stereocenters. The van der Waals surface area contributed by atoms with E-state index >= 15 is 0 Å². The Balaban J connectivity index is 1.37. The number of aliphatic hydroxyl groups is 1. The van der Waals surface area contributed by atoms with Crippen molar-refractivity contribution in [1.29, 1.82) is 0 Å². The fourth-order valence-corrected chi connectivity index (χ4v) is 7.07. The lowest BCUT2D eigenvalue weighted by Crippen LogP contribution is -2.37. The summed E-state index contributed by atoms with van der Waals surface area (Å²) in [5, 5.41) is 10.5. The predicted molar refractivity (Wildman–Crippen MR) is 111 cm³/mol. The van der Waals surface area contributed by atoms with Gasteiger partial charge in [-0.1, -0.05) is 18.0 Å². The molecule has 1 aliphatic carbocycles. The van der Waals surface area contributed by atoms with Crippen LogP contribution in [0.3, 0.4) is 0 Å². The van der Waals surface area contributed by atoms with Crippen LogP contribution in [0.15, 0.2) is 23.5 Å². The molecule has 3 atom stereocenters. The zero-order valence-corrected chi connectivity index (χ0v) is 17.7. The summed E-state index contributed by atoms with van der Waals surface area (Å²) in [5.41, 5.74) is 0.669. The maximum atomic E-state index is 12.7. The Bertz CT molecular complexity index is 935. The largest absolute Gasteiger partial charge is 0.396 e. The molecule has 5 rings (SSSR count). The van der Waals surface area contributed by atoms with E-state index in [9.17, 15) is 9.32 Å². The summed E-state index contributed by atoms with van der Waals surface area (Å²) in [4.78, 5) is 21.2. The van der Waals surface area contributed by atoms with Crippen molar-refractivity contribution in [3.05, 3.63) is 35.1 Å². The summed E-state index contributed by atoms with van der Waals surface area (Å²) in [6.45, 7) is 1.78. The molecular formula is C20H24ClN5O2S. The van der Waals surface area contributed by atoms with Gasteiger partial charge in [-0.15, -0.1) is 0 Å². The zero-order valence-electron chi connectivity index (χ0n) is 16.1. The van der Waals surface area contributed by atoms with E-state index in [1.807, 2.05) is 0 Å². The average Bonchev–Trinajstić information content (AvgIpc) is 3.29. The normalized spacial score (nSPS) is 29.5. The van der Waals surface area contributed by atoms with Crippen LogP contribution in [-0.2, 0) is 16.2 Å². The molecule has 2 aliphatic heterocycles. The number of hydrogen-bond donors (Lipinski definition) is 1. The molecule has 4 heterocycles. The highest BCUT2D eigenvalue weighted by Crippen LogP contribution is 2.51. The minimum atomic E-state index is -1.08. The quantitative estimate of drug-likeness (QED) is 0.794. The van der Waals surface area contributed by atoms with Crippen molar-refractivity contribution >= 4 is 28.3 Å². The van der Waals surface area contributed by atoms with Crippen LogP contribution in [0.4, 0.5) is 5.95 Å². The first-order chi connectivity index (χ1) is 14.1. The highest BCUT2D eigenvalue weighted by molar-refractivity contribution is 7.85. The predicted octanol–water partition coefficient (Wildman–Crippen LogP) is 2.46. The number of anilines is 1. The second kappa shape index (κ2) is 7.56. The van der Waals surface area contributed by atoms with E-state index in [2.05, 4.69) is 19.9 Å². The van der Waals surface area contributed by atoms with Crippen molar-refractivity contribution in [2.45, 2.75) is 48.3 Å². The Morgan fingerprint density at radius 2 is 1.93 bits per heavy atom. The molecule has 1 saturated carbocycles. The monoisotopic (exact) mass is 433 g/mol. The molecule has 2 aromatic heterocycles. The number of nitrogens with zero attached hydrogens (tertiary/aromatic N) is 5. The highest BCUT2D eigenvalue weighted by Gasteiger charge is 2.52. The summed E-state index contributed by atoms with van der Waals surface area (Å²) in [6.07, 6.45) is 9.88. The number of fused-ring (bicyclic) bond motifs is 2. The topological polar surface area (TPSA) is 92.1 Å². The number of aromatic nitrogens is 4. The van der Waals surface area contributed by atoms with Crippen LogP contribution in [0.5, 0.6) is 0 Å². The van der Waals surface area contributed by atoms with E-state index in [-0.39, 0.29) is 17.9 Å². The fraction of sp³-hybridized carbons (Fsp3) is 0.600. The van der Waals surface area contributed by atoms with E-state index in [1.165, 1.54) is 0 Å². The number of hydrogen-bond acceptors (Lipinski definition) is 7. The van der Waals surface area contributed by atoms with Gasteiger partial charge in [-0.3, -0.25) is 4.21 Å². The number of piperidine rings is 1. The second-order valence-corrected chi connectivity index (χ2v) is 10.2. The molecule has 3 aliphatic rings. The van der Waals surface area contributed by atoms with Crippen LogP contribution in [0.2, 0.25) is 5.02 Å². The maximum absolute atomic E-state index is 12.7. The molecule has 0 radical (unpaired) electrons. The van der Waals surface area contributed by atoms with Crippen LogP contribution in [0.1, 0.15) is 49.5 Å². The SMILES string of the molecule is O=[S@]1CC2(CCCC2CO)c2nc(N3CCC(c4ncc(Cl)cn4)CC3)ncc21. The minimum absolute atomic E-state index is 0.127. The third-order valence-electron chi connectivity index (χ3n) is 6.81. The Kier molecular flexibility index (Phi) is 5.04. The third kappa shape index (κ3) is 3.25. The van der Waals surface area contributed by atoms with Gasteiger partial charge in [0.2, 0.25) is 5.95 Å². The average molecular weight is 434 g/mol. The summed E-state index contributed by atoms with van der Waals surface area (Å²) in [6, 6.07) is 0. The second-order valence-electron chi connectivity index (χ2n) is 8.32. The van der Waals surface area contributed by atoms with Gasteiger partial charge < -0.3 is 10.0 Å². The maximum Gasteiger partial charge on any atom is 0.225 e. The number of halogens is 1. The summed E-state index contributed by atoms with van der Waals surface area (Å²) >= 11 is 5.90. The molecule has 0 bridgehead atoms. The number of aliphatic hydroxyl groups excluding tert-OH is 1. The van der Waals surface area contributed by atoms with E-state index in [1.54, 1.807) is 18.6 Å². The van der Waals surface area contributed by atoms with Gasteiger partial charge in [0.15, 0.2) is 0 Å². The molecule has 0 aromatic carbocycles. The Morgan fingerprint density at radius 1 is 1.17 bits per heavy atom. The summed E-state index contributed by atoms with van der Waals surface area (Å²) < 4.78 is 12.7. The number of rotatable bonds is 3. The third-order valence-corrected chi connectivity index (χ3v) is 8.57. The van der Waals surface area contributed by atoms with E-state index < -0.39 is 10.8 Å².